The summed E-state index contributed by atoms with van der Waals surface area (Å²) in [4.78, 5) is 0. The Morgan fingerprint density at radius 2 is 1.00 bits per heavy atom. The molecule has 80 heavy (non-hydrogen) atoms. The standard InChI is InChI=1S/C70H36B2N4O2S2/c1-34-28-47-37-16-9-19-45-61(37)76(72-50-22-11-20-46-63(50)73(51(29-34)58(47)72)65-41-14-4-7-25-55(41)79-68(46)65)66-42-27-26-35(33-56(42)80-69(45)66)30-36-31-48-38-15-8-18-44-60(38)75(64-40-13-3-6-24-54(40)77-67(44)64)71-49-21-10-17-43-57-39-12-2-5-23-53(39)78-70(57)74(62(43)49)52(32-36)59(48)71/h2-29,31-33H,30H2,1H3. The maximum atomic E-state index is 7.00. The quantitative estimate of drug-likeness (QED) is 0.162. The molecule has 8 aromatic heterocycles. The Labute approximate surface area is 462 Å². The average Bonchev–Trinajstić information content (AvgIpc) is 2.93. The number of rotatable bonds is 2. The molecule has 0 spiro atoms. The lowest BCUT2D eigenvalue weighted by Gasteiger charge is -2.34. The molecule has 18 aromatic rings. The molecular weight excluding hydrogens is 1010 g/mol. The number of aryl methyl sites for hydroxylation is 1. The van der Waals surface area contributed by atoms with Gasteiger partial charge >= 0.3 is 13.7 Å². The minimum atomic E-state index is -0.0848. The first kappa shape index (κ1) is 40.7. The fourth-order valence-corrected chi connectivity index (χ4v) is 18.8. The fraction of sp³-hybridized carbons (Fsp3) is 0.0286. The smallest absolute Gasteiger partial charge is 0.333 e. The van der Waals surface area contributed by atoms with Gasteiger partial charge in [0.1, 0.15) is 11.2 Å². The van der Waals surface area contributed by atoms with Gasteiger partial charge in [0, 0.05) is 86.0 Å². The van der Waals surface area contributed by atoms with Crippen LogP contribution in [0.5, 0.6) is 0 Å². The monoisotopic (exact) mass is 1050 g/mol. The van der Waals surface area contributed by atoms with Gasteiger partial charge in [0.05, 0.1) is 42.4 Å². The predicted octanol–water partition coefficient (Wildman–Crippen LogP) is 15.8. The zero-order valence-electron chi connectivity index (χ0n) is 42.7. The molecule has 10 heteroatoms. The van der Waals surface area contributed by atoms with Crippen molar-refractivity contribution in [2.24, 2.45) is 0 Å². The molecule has 12 heterocycles. The van der Waals surface area contributed by atoms with Crippen LogP contribution in [0.4, 0.5) is 0 Å². The van der Waals surface area contributed by atoms with Crippen molar-refractivity contribution in [3.05, 3.63) is 205 Å². The first-order chi connectivity index (χ1) is 39.6. The number of benzene rings is 10. The number of nitrogens with zero attached hydrogens (tertiary/aromatic N) is 4. The van der Waals surface area contributed by atoms with Crippen LogP contribution in [0.25, 0.3) is 162 Å². The molecule has 4 aliphatic rings. The number of para-hydroxylation sites is 6. The SMILES string of the molecule is Cc1cc2c3c(c1)-n1c4c(cccc4c4sc5ccccc5c41)B3n1c3c-2cccc3c2sc3cc(Cc4cc5c6c(c4)-n4c7oc8ccccc8c7c7cccc(c74)B6n4c6c-5cccc6c5oc6ccccc6c54)ccc3c21. The van der Waals surface area contributed by atoms with E-state index >= 15 is 0 Å². The van der Waals surface area contributed by atoms with Crippen molar-refractivity contribution in [3.8, 4) is 33.6 Å². The van der Waals surface area contributed by atoms with E-state index in [0.717, 1.165) is 50.6 Å². The van der Waals surface area contributed by atoms with Gasteiger partial charge in [0.2, 0.25) is 5.71 Å². The molecule has 10 aromatic carbocycles. The van der Waals surface area contributed by atoms with Gasteiger partial charge in [-0.2, -0.15) is 0 Å². The molecule has 22 rings (SSSR count). The van der Waals surface area contributed by atoms with E-state index in [-0.39, 0.29) is 13.7 Å². The average molecular weight is 1050 g/mol. The molecule has 366 valence electrons. The Balaban J connectivity index is 0.775. The van der Waals surface area contributed by atoms with Gasteiger partial charge in [-0.25, -0.2) is 0 Å². The molecular formula is C70H36B2N4O2S2. The summed E-state index contributed by atoms with van der Waals surface area (Å²) in [6, 6.07) is 71.2. The van der Waals surface area contributed by atoms with Crippen LogP contribution < -0.4 is 21.9 Å². The molecule has 0 aliphatic carbocycles. The Bertz CT molecular complexity index is 6070. The van der Waals surface area contributed by atoms with Crippen LogP contribution >= 0.6 is 22.7 Å². The third-order valence-electron chi connectivity index (χ3n) is 19.1. The molecule has 0 bridgehead atoms. The molecule has 0 N–H and O–H groups in total. The minimum absolute atomic E-state index is 0.0206. The summed E-state index contributed by atoms with van der Waals surface area (Å²) < 4.78 is 29.7. The van der Waals surface area contributed by atoms with Gasteiger partial charge in [-0.1, -0.05) is 140 Å². The second kappa shape index (κ2) is 13.5. The molecule has 6 nitrogen and oxygen atoms in total. The van der Waals surface area contributed by atoms with E-state index in [4.69, 9.17) is 8.83 Å². The van der Waals surface area contributed by atoms with E-state index in [1.807, 2.05) is 22.7 Å². The Kier molecular flexibility index (Phi) is 6.87. The summed E-state index contributed by atoms with van der Waals surface area (Å²) in [6.45, 7) is 2.21. The van der Waals surface area contributed by atoms with Crippen molar-refractivity contribution in [2.75, 3.05) is 0 Å². The van der Waals surface area contributed by atoms with E-state index in [0.29, 0.717) is 0 Å². The maximum Gasteiger partial charge on any atom is 0.333 e. The second-order valence-electron chi connectivity index (χ2n) is 23.0. The molecule has 0 amide bonds. The zero-order valence-corrected chi connectivity index (χ0v) is 44.3. The van der Waals surface area contributed by atoms with Gasteiger partial charge in [-0.15, -0.1) is 22.7 Å². The van der Waals surface area contributed by atoms with Crippen LogP contribution in [-0.4, -0.2) is 31.8 Å². The van der Waals surface area contributed by atoms with Crippen molar-refractivity contribution in [1.82, 2.24) is 18.1 Å². The highest BCUT2D eigenvalue weighted by Gasteiger charge is 2.45. The highest BCUT2D eigenvalue weighted by Crippen LogP contribution is 2.51. The molecule has 0 saturated carbocycles. The van der Waals surface area contributed by atoms with Crippen LogP contribution in [0.1, 0.15) is 16.7 Å². The maximum absolute atomic E-state index is 7.00. The second-order valence-corrected chi connectivity index (χ2v) is 25.1. The fourth-order valence-electron chi connectivity index (χ4n) is 16.3. The first-order valence-electron chi connectivity index (χ1n) is 27.8. The number of aromatic nitrogens is 4. The summed E-state index contributed by atoms with van der Waals surface area (Å²) in [7, 11) is 0. The summed E-state index contributed by atoms with van der Waals surface area (Å²) >= 11 is 3.90. The van der Waals surface area contributed by atoms with Crippen molar-refractivity contribution < 1.29 is 8.83 Å². The lowest BCUT2D eigenvalue weighted by molar-refractivity contribution is 0.645. The number of hydrogen-bond acceptors (Lipinski definition) is 4. The van der Waals surface area contributed by atoms with Crippen molar-refractivity contribution in [3.63, 3.8) is 0 Å². The highest BCUT2D eigenvalue weighted by atomic mass is 32.1. The van der Waals surface area contributed by atoms with Gasteiger partial charge in [-0.05, 0) is 112 Å². The molecule has 0 radical (unpaired) electrons. The topological polar surface area (TPSA) is 46.0 Å². The molecule has 4 aliphatic heterocycles. The van der Waals surface area contributed by atoms with E-state index in [1.165, 1.54) is 156 Å². The summed E-state index contributed by atoms with van der Waals surface area (Å²) in [6.07, 6.45) is 0.775. The van der Waals surface area contributed by atoms with Crippen molar-refractivity contribution >= 4 is 187 Å². The van der Waals surface area contributed by atoms with E-state index in [2.05, 4.69) is 213 Å². The number of hydrogen-bond donors (Lipinski definition) is 0. The highest BCUT2D eigenvalue weighted by molar-refractivity contribution is 7.27. The Morgan fingerprint density at radius 3 is 1.82 bits per heavy atom. The summed E-state index contributed by atoms with van der Waals surface area (Å²) in [5.74, 6) is 0. The van der Waals surface area contributed by atoms with Crippen LogP contribution in [-0.2, 0) is 6.42 Å². The first-order valence-corrected chi connectivity index (χ1v) is 29.4. The van der Waals surface area contributed by atoms with E-state index < -0.39 is 0 Å². The van der Waals surface area contributed by atoms with Crippen LogP contribution in [0.15, 0.2) is 197 Å². The minimum Gasteiger partial charge on any atom is -0.454 e. The lowest BCUT2D eigenvalue weighted by Crippen LogP contribution is -2.55. The molecule has 0 saturated heterocycles. The Morgan fingerprint density at radius 1 is 0.400 bits per heavy atom. The summed E-state index contributed by atoms with van der Waals surface area (Å²) in [5.41, 5.74) is 29.6. The molecule has 0 unspecified atom stereocenters. The summed E-state index contributed by atoms with van der Waals surface area (Å²) in [5, 5.41) is 11.2. The van der Waals surface area contributed by atoms with Gasteiger partial charge in [0.15, 0.2) is 5.58 Å². The zero-order chi connectivity index (χ0) is 51.3. The predicted molar refractivity (Wildman–Crippen MR) is 337 cm³/mol. The molecule has 0 atom stereocenters. The van der Waals surface area contributed by atoms with Crippen LogP contribution in [0.3, 0.4) is 0 Å². The Hall–Kier alpha value is -9.47. The van der Waals surface area contributed by atoms with Gasteiger partial charge in [-0.3, -0.25) is 4.57 Å². The van der Waals surface area contributed by atoms with Crippen molar-refractivity contribution in [1.29, 1.82) is 0 Å². The lowest BCUT2D eigenvalue weighted by atomic mass is 9.45. The third-order valence-corrected chi connectivity index (χ3v) is 21.5. The molecule has 0 fully saturated rings. The number of thiophene rings is 2. The van der Waals surface area contributed by atoms with Crippen LogP contribution in [0.2, 0.25) is 0 Å². The van der Waals surface area contributed by atoms with Crippen molar-refractivity contribution in [2.45, 2.75) is 13.3 Å². The third kappa shape index (κ3) is 4.47. The van der Waals surface area contributed by atoms with Crippen LogP contribution in [0, 0.1) is 6.92 Å². The van der Waals surface area contributed by atoms with Gasteiger partial charge < -0.3 is 22.4 Å². The normalized spacial score (nSPS) is 13.8. The number of fused-ring (bicyclic) bond motifs is 28. The van der Waals surface area contributed by atoms with Gasteiger partial charge in [0.25, 0.3) is 0 Å². The van der Waals surface area contributed by atoms with E-state index in [1.54, 1.807) is 0 Å². The van der Waals surface area contributed by atoms with E-state index in [9.17, 15) is 0 Å². The number of furan rings is 2. The largest absolute Gasteiger partial charge is 0.454 e.